The van der Waals surface area contributed by atoms with E-state index in [1.807, 2.05) is 18.2 Å². The molecule has 1 aromatic carbocycles. The van der Waals surface area contributed by atoms with Crippen molar-refractivity contribution in [3.63, 3.8) is 0 Å². The molecule has 1 unspecified atom stereocenters. The average Bonchev–Trinajstić information content (AvgIpc) is 3.43. The maximum atomic E-state index is 12.3. The summed E-state index contributed by atoms with van der Waals surface area (Å²) < 4.78 is 5.64. The van der Waals surface area contributed by atoms with Crippen LogP contribution in [0.1, 0.15) is 16.9 Å². The third-order valence-electron chi connectivity index (χ3n) is 5.58. The summed E-state index contributed by atoms with van der Waals surface area (Å²) in [5, 5.41) is 22.7. The van der Waals surface area contributed by atoms with Crippen molar-refractivity contribution in [1.82, 2.24) is 30.4 Å². The summed E-state index contributed by atoms with van der Waals surface area (Å²) in [6, 6.07) is 9.38. The second-order valence-electron chi connectivity index (χ2n) is 7.71. The number of carbonyl (C=O) groups is 1. The Kier molecular flexibility index (Phi) is 4.80. The van der Waals surface area contributed by atoms with E-state index in [0.717, 1.165) is 45.5 Å². The van der Waals surface area contributed by atoms with E-state index in [2.05, 4.69) is 41.0 Å². The van der Waals surface area contributed by atoms with Gasteiger partial charge in [-0.25, -0.2) is 14.8 Å². The minimum atomic E-state index is -0.526. The molecule has 1 aliphatic rings. The molecule has 1 atom stereocenters. The van der Waals surface area contributed by atoms with Gasteiger partial charge in [-0.2, -0.15) is 10.2 Å². The molecule has 11 heteroatoms. The van der Waals surface area contributed by atoms with E-state index in [1.165, 1.54) is 10.4 Å². The van der Waals surface area contributed by atoms with Gasteiger partial charge in [-0.05, 0) is 48.7 Å². The summed E-state index contributed by atoms with van der Waals surface area (Å²) in [4.78, 5) is 23.4. The van der Waals surface area contributed by atoms with Crippen LogP contribution in [-0.2, 0) is 17.6 Å². The Bertz CT molecular complexity index is 1470. The van der Waals surface area contributed by atoms with Crippen molar-refractivity contribution < 1.29 is 9.53 Å². The minimum Gasteiger partial charge on any atom is -0.446 e. The molecule has 33 heavy (non-hydrogen) atoms. The van der Waals surface area contributed by atoms with Crippen LogP contribution in [0.25, 0.3) is 21.1 Å². The highest BCUT2D eigenvalue weighted by Gasteiger charge is 2.27. The molecule has 0 radical (unpaired) electrons. The Morgan fingerprint density at radius 3 is 3.12 bits per heavy atom. The van der Waals surface area contributed by atoms with Gasteiger partial charge in [0.25, 0.3) is 0 Å². The maximum Gasteiger partial charge on any atom is 0.413 e. The lowest BCUT2D eigenvalue weighted by Gasteiger charge is -2.22. The number of amides is 1. The molecule has 1 aliphatic carbocycles. The first-order valence-electron chi connectivity index (χ1n) is 10.4. The highest BCUT2D eigenvalue weighted by molar-refractivity contribution is 7.19. The molecule has 0 spiro atoms. The number of ether oxygens (including phenoxy) is 1. The monoisotopic (exact) mass is 458 g/mol. The summed E-state index contributed by atoms with van der Waals surface area (Å²) in [7, 11) is 0. The van der Waals surface area contributed by atoms with Crippen molar-refractivity contribution in [1.29, 1.82) is 0 Å². The normalized spacial score (nSPS) is 15.3. The van der Waals surface area contributed by atoms with Gasteiger partial charge in [0.1, 0.15) is 23.1 Å². The Morgan fingerprint density at radius 2 is 2.21 bits per heavy atom. The number of aromatic amines is 1. The van der Waals surface area contributed by atoms with E-state index in [1.54, 1.807) is 42.2 Å². The number of rotatable bonds is 4. The summed E-state index contributed by atoms with van der Waals surface area (Å²) in [6.45, 7) is 0. The van der Waals surface area contributed by atoms with Crippen molar-refractivity contribution >= 4 is 55.9 Å². The van der Waals surface area contributed by atoms with E-state index in [9.17, 15) is 4.79 Å². The quantitative estimate of drug-likeness (QED) is 0.365. The lowest BCUT2D eigenvalue weighted by molar-refractivity contribution is 0.103. The first kappa shape index (κ1) is 19.6. The first-order valence-corrected chi connectivity index (χ1v) is 11.3. The Morgan fingerprint density at radius 1 is 1.24 bits per heavy atom. The van der Waals surface area contributed by atoms with Crippen LogP contribution in [0.4, 0.5) is 22.1 Å². The number of nitrogens with one attached hydrogen (secondary N) is 3. The lowest BCUT2D eigenvalue weighted by atomic mass is 9.94. The highest BCUT2D eigenvalue weighted by atomic mass is 32.1. The Hall–Kier alpha value is -4.12. The van der Waals surface area contributed by atoms with Gasteiger partial charge in [0.05, 0.1) is 17.1 Å². The first-order chi connectivity index (χ1) is 16.2. The van der Waals surface area contributed by atoms with Crippen LogP contribution in [0.3, 0.4) is 0 Å². The molecule has 6 rings (SSSR count). The van der Waals surface area contributed by atoms with Crippen molar-refractivity contribution in [3.8, 4) is 0 Å². The number of fused-ring (bicyclic) bond motifs is 4. The predicted molar refractivity (Wildman–Crippen MR) is 125 cm³/mol. The molecule has 0 bridgehead atoms. The van der Waals surface area contributed by atoms with E-state index >= 15 is 0 Å². The van der Waals surface area contributed by atoms with Crippen LogP contribution >= 0.6 is 11.3 Å². The molecular weight excluding hydrogens is 440 g/mol. The number of aromatic nitrogens is 6. The molecule has 164 valence electrons. The summed E-state index contributed by atoms with van der Waals surface area (Å²) >= 11 is 1.62. The molecule has 0 saturated heterocycles. The molecular formula is C22H18N8O2S. The standard InChI is InChI=1S/C22H18N8O2S/c31-22(28-18-2-1-7-25-30-18)32-14-4-5-15-17(9-14)33-21-19(15)20(23-11-24-21)27-13-3-6-16-12(8-13)10-26-29-16/h1-3,6-8,10-11,14H,4-5,9H2,(H,26,29)(H,23,24,27)(H,28,30,31). The molecule has 4 aromatic heterocycles. The van der Waals surface area contributed by atoms with Crippen molar-refractivity contribution in [2.24, 2.45) is 0 Å². The molecule has 0 fully saturated rings. The highest BCUT2D eigenvalue weighted by Crippen LogP contribution is 2.39. The third kappa shape index (κ3) is 3.82. The van der Waals surface area contributed by atoms with Crippen molar-refractivity contribution in [3.05, 3.63) is 59.5 Å². The zero-order valence-corrected chi connectivity index (χ0v) is 18.1. The molecule has 10 nitrogen and oxygen atoms in total. The van der Waals surface area contributed by atoms with Gasteiger partial charge in [-0.15, -0.1) is 16.4 Å². The topological polar surface area (TPSA) is 131 Å². The average molecular weight is 459 g/mol. The fourth-order valence-electron chi connectivity index (χ4n) is 4.09. The number of hydrogen-bond donors (Lipinski definition) is 3. The smallest absolute Gasteiger partial charge is 0.413 e. The Balaban J connectivity index is 1.22. The SMILES string of the molecule is O=C(Nc1cccnn1)OC1CCc2c(sc3ncnc(Nc4ccc5[nH]ncc5c4)c23)C1. The van der Waals surface area contributed by atoms with Gasteiger partial charge in [-0.1, -0.05) is 0 Å². The van der Waals surface area contributed by atoms with E-state index in [-0.39, 0.29) is 6.10 Å². The third-order valence-corrected chi connectivity index (χ3v) is 6.74. The van der Waals surface area contributed by atoms with Crippen LogP contribution in [0, 0.1) is 0 Å². The van der Waals surface area contributed by atoms with Crippen LogP contribution < -0.4 is 10.6 Å². The number of aryl methyl sites for hydroxylation is 1. The van der Waals surface area contributed by atoms with Gasteiger partial charge >= 0.3 is 6.09 Å². The number of nitrogens with zero attached hydrogens (tertiary/aromatic N) is 5. The molecule has 3 N–H and O–H groups in total. The van der Waals surface area contributed by atoms with Crippen LogP contribution in [0.15, 0.2) is 49.1 Å². The number of benzene rings is 1. The van der Waals surface area contributed by atoms with Crippen LogP contribution in [0.2, 0.25) is 0 Å². The van der Waals surface area contributed by atoms with Gasteiger partial charge < -0.3 is 10.1 Å². The predicted octanol–water partition coefficient (Wildman–Crippen LogP) is 4.21. The molecule has 4 heterocycles. The van der Waals surface area contributed by atoms with Gasteiger partial charge in [0.2, 0.25) is 0 Å². The van der Waals surface area contributed by atoms with Crippen molar-refractivity contribution in [2.75, 3.05) is 10.6 Å². The largest absolute Gasteiger partial charge is 0.446 e. The molecule has 1 amide bonds. The maximum absolute atomic E-state index is 12.3. The van der Waals surface area contributed by atoms with Crippen molar-refractivity contribution in [2.45, 2.75) is 25.4 Å². The zero-order valence-electron chi connectivity index (χ0n) is 17.3. The van der Waals surface area contributed by atoms with E-state index in [0.29, 0.717) is 12.2 Å². The summed E-state index contributed by atoms with van der Waals surface area (Å²) in [5.41, 5.74) is 3.13. The fourth-order valence-corrected chi connectivity index (χ4v) is 5.34. The second kappa shape index (κ2) is 8.10. The number of thiophene rings is 1. The van der Waals surface area contributed by atoms with E-state index < -0.39 is 6.09 Å². The van der Waals surface area contributed by atoms with Gasteiger partial charge in [-0.3, -0.25) is 10.4 Å². The molecule has 5 aromatic rings. The number of hydrogen-bond acceptors (Lipinski definition) is 9. The van der Waals surface area contributed by atoms with Gasteiger partial charge in [0, 0.05) is 28.6 Å². The zero-order chi connectivity index (χ0) is 22.2. The van der Waals surface area contributed by atoms with Crippen LogP contribution in [-0.4, -0.2) is 42.6 Å². The molecule has 0 saturated carbocycles. The fraction of sp³-hybridized carbons (Fsp3) is 0.182. The Labute approximate surface area is 191 Å². The van der Waals surface area contributed by atoms with E-state index in [4.69, 9.17) is 4.74 Å². The minimum absolute atomic E-state index is 0.213. The lowest BCUT2D eigenvalue weighted by Crippen LogP contribution is -2.27. The second-order valence-corrected chi connectivity index (χ2v) is 8.79. The summed E-state index contributed by atoms with van der Waals surface area (Å²) in [5.74, 6) is 1.14. The summed E-state index contributed by atoms with van der Waals surface area (Å²) in [6.07, 6.45) is 6.32. The number of H-pyrrole nitrogens is 1. The number of anilines is 3. The van der Waals surface area contributed by atoms with Crippen LogP contribution in [0.5, 0.6) is 0 Å². The van der Waals surface area contributed by atoms with Gasteiger partial charge in [0.15, 0.2) is 5.82 Å². The molecule has 0 aliphatic heterocycles. The number of carbonyl (C=O) groups excluding carboxylic acids is 1.